The first-order valence-corrected chi connectivity index (χ1v) is 9.24. The van der Waals surface area contributed by atoms with Crippen LogP contribution in [0.2, 0.25) is 0 Å². The Bertz CT molecular complexity index is 529. The number of aromatic nitrogens is 1. The zero-order valence-electron chi connectivity index (χ0n) is 11.4. The Labute approximate surface area is 141 Å². The van der Waals surface area contributed by atoms with Crippen LogP contribution < -0.4 is 5.32 Å². The summed E-state index contributed by atoms with van der Waals surface area (Å²) in [6.45, 7) is 3.20. The van der Waals surface area contributed by atoms with Gasteiger partial charge in [0.2, 0.25) is 0 Å². The average molecular weight is 418 g/mol. The minimum absolute atomic E-state index is 0.291. The van der Waals surface area contributed by atoms with Crippen molar-refractivity contribution in [1.29, 1.82) is 0 Å². The van der Waals surface area contributed by atoms with Gasteiger partial charge in [0, 0.05) is 20.0 Å². The summed E-state index contributed by atoms with van der Waals surface area (Å²) in [5.41, 5.74) is 1.10. The molecule has 0 radical (unpaired) electrons. The normalized spacial score (nSPS) is 12.6. The molecule has 1 N–H and O–H groups in total. The van der Waals surface area contributed by atoms with Crippen molar-refractivity contribution in [3.8, 4) is 0 Å². The number of hydrogen-bond donors (Lipinski definition) is 1. The fourth-order valence-electron chi connectivity index (χ4n) is 2.08. The van der Waals surface area contributed by atoms with Crippen LogP contribution in [0.15, 0.2) is 38.7 Å². The Balaban J connectivity index is 2.09. The summed E-state index contributed by atoms with van der Waals surface area (Å²) in [4.78, 5) is 6.01. The maximum atomic E-state index is 4.58. The summed E-state index contributed by atoms with van der Waals surface area (Å²) >= 11 is 8.91. The number of rotatable bonds is 7. The fraction of sp³-hybridized carbons (Fsp3) is 0.400. The van der Waals surface area contributed by atoms with E-state index in [4.69, 9.17) is 0 Å². The van der Waals surface area contributed by atoms with Crippen molar-refractivity contribution in [2.45, 2.75) is 32.2 Å². The van der Waals surface area contributed by atoms with Gasteiger partial charge in [0.25, 0.3) is 0 Å². The van der Waals surface area contributed by atoms with Crippen LogP contribution in [-0.4, -0.2) is 11.5 Å². The van der Waals surface area contributed by atoms with Crippen molar-refractivity contribution in [2.75, 3.05) is 6.54 Å². The van der Waals surface area contributed by atoms with Crippen molar-refractivity contribution in [1.82, 2.24) is 10.3 Å². The van der Waals surface area contributed by atoms with E-state index in [0.717, 1.165) is 40.4 Å². The second-order valence-corrected chi connectivity index (χ2v) is 7.45. The van der Waals surface area contributed by atoms with E-state index in [1.165, 1.54) is 4.88 Å². The van der Waals surface area contributed by atoms with Gasteiger partial charge >= 0.3 is 0 Å². The molecule has 20 heavy (non-hydrogen) atoms. The van der Waals surface area contributed by atoms with Crippen molar-refractivity contribution < 1.29 is 0 Å². The summed E-state index contributed by atoms with van der Waals surface area (Å²) in [6.07, 6.45) is 5.15. The lowest BCUT2D eigenvalue weighted by Crippen LogP contribution is -2.24. The molecule has 1 atom stereocenters. The first-order chi connectivity index (χ1) is 9.70. The van der Waals surface area contributed by atoms with E-state index in [1.807, 2.05) is 17.5 Å². The molecule has 0 amide bonds. The van der Waals surface area contributed by atoms with E-state index in [1.54, 1.807) is 0 Å². The van der Waals surface area contributed by atoms with Crippen LogP contribution in [0.5, 0.6) is 0 Å². The Morgan fingerprint density at radius 2 is 2.25 bits per heavy atom. The molecule has 0 spiro atoms. The van der Waals surface area contributed by atoms with Crippen LogP contribution in [0.4, 0.5) is 0 Å². The third-order valence-electron chi connectivity index (χ3n) is 3.07. The SMILES string of the molecule is CCCNC(CCc1cccs1)c1ncc(Br)cc1Br. The van der Waals surface area contributed by atoms with Gasteiger partial charge in [-0.3, -0.25) is 4.98 Å². The van der Waals surface area contributed by atoms with Gasteiger partial charge in [-0.05, 0) is 75.2 Å². The fourth-order valence-corrected chi connectivity index (χ4v) is 4.07. The highest BCUT2D eigenvalue weighted by atomic mass is 79.9. The number of hydrogen-bond acceptors (Lipinski definition) is 3. The smallest absolute Gasteiger partial charge is 0.0715 e. The predicted octanol–water partition coefficient (Wildman–Crippen LogP) is 5.34. The third kappa shape index (κ3) is 4.65. The molecule has 2 aromatic heterocycles. The maximum Gasteiger partial charge on any atom is 0.0715 e. The molecule has 2 heterocycles. The molecule has 0 aliphatic carbocycles. The monoisotopic (exact) mass is 416 g/mol. The summed E-state index contributed by atoms with van der Waals surface area (Å²) in [7, 11) is 0. The predicted molar refractivity (Wildman–Crippen MR) is 93.3 cm³/mol. The van der Waals surface area contributed by atoms with Crippen LogP contribution >= 0.6 is 43.2 Å². The molecule has 0 fully saturated rings. The molecule has 2 aromatic rings. The molecule has 0 aliphatic rings. The van der Waals surface area contributed by atoms with Gasteiger partial charge in [0.05, 0.1) is 11.7 Å². The number of nitrogens with one attached hydrogen (secondary N) is 1. The highest BCUT2D eigenvalue weighted by Crippen LogP contribution is 2.28. The average Bonchev–Trinajstić information content (AvgIpc) is 2.93. The molecular formula is C15H18Br2N2S. The zero-order chi connectivity index (χ0) is 14.4. The lowest BCUT2D eigenvalue weighted by molar-refractivity contribution is 0.488. The Morgan fingerprint density at radius 1 is 1.40 bits per heavy atom. The van der Waals surface area contributed by atoms with Crippen molar-refractivity contribution in [3.63, 3.8) is 0 Å². The van der Waals surface area contributed by atoms with Crippen LogP contribution in [0.1, 0.15) is 36.4 Å². The maximum absolute atomic E-state index is 4.58. The molecular weight excluding hydrogens is 400 g/mol. The molecule has 1 unspecified atom stereocenters. The first-order valence-electron chi connectivity index (χ1n) is 6.77. The number of pyridine rings is 1. The molecule has 108 valence electrons. The zero-order valence-corrected chi connectivity index (χ0v) is 15.4. The van der Waals surface area contributed by atoms with E-state index >= 15 is 0 Å². The van der Waals surface area contributed by atoms with E-state index in [0.29, 0.717) is 6.04 Å². The first kappa shape index (κ1) is 16.1. The van der Waals surface area contributed by atoms with Crippen molar-refractivity contribution in [2.24, 2.45) is 0 Å². The standard InChI is InChI=1S/C15H18Br2N2S/c1-2-7-18-14(6-5-12-4-3-8-20-12)15-13(17)9-11(16)10-19-15/h3-4,8-10,14,18H,2,5-7H2,1H3. The summed E-state index contributed by atoms with van der Waals surface area (Å²) in [5, 5.41) is 5.74. The Kier molecular flexibility index (Phi) is 6.68. The van der Waals surface area contributed by atoms with Crippen LogP contribution in [0.3, 0.4) is 0 Å². The van der Waals surface area contributed by atoms with Gasteiger partial charge in [0.15, 0.2) is 0 Å². The summed E-state index contributed by atoms with van der Waals surface area (Å²) < 4.78 is 2.06. The number of halogens is 2. The van der Waals surface area contributed by atoms with Crippen LogP contribution in [0.25, 0.3) is 0 Å². The Hall–Kier alpha value is -0.230. The van der Waals surface area contributed by atoms with Gasteiger partial charge in [-0.25, -0.2) is 0 Å². The van der Waals surface area contributed by atoms with E-state index in [2.05, 4.69) is 72.7 Å². The highest BCUT2D eigenvalue weighted by molar-refractivity contribution is 9.11. The molecule has 0 aliphatic heterocycles. The number of nitrogens with zero attached hydrogens (tertiary/aromatic N) is 1. The minimum Gasteiger partial charge on any atom is -0.309 e. The van der Waals surface area contributed by atoms with Crippen LogP contribution in [0, 0.1) is 0 Å². The minimum atomic E-state index is 0.291. The van der Waals surface area contributed by atoms with Crippen LogP contribution in [-0.2, 0) is 6.42 Å². The quantitative estimate of drug-likeness (QED) is 0.657. The van der Waals surface area contributed by atoms with Crippen molar-refractivity contribution in [3.05, 3.63) is 49.3 Å². The molecule has 5 heteroatoms. The summed E-state index contributed by atoms with van der Waals surface area (Å²) in [5.74, 6) is 0. The largest absolute Gasteiger partial charge is 0.309 e. The molecule has 2 rings (SSSR count). The molecule has 0 saturated carbocycles. The van der Waals surface area contributed by atoms with Crippen molar-refractivity contribution >= 4 is 43.2 Å². The molecule has 0 saturated heterocycles. The van der Waals surface area contributed by atoms with Gasteiger partial charge in [-0.1, -0.05) is 13.0 Å². The van der Waals surface area contributed by atoms with E-state index < -0.39 is 0 Å². The van der Waals surface area contributed by atoms with Gasteiger partial charge < -0.3 is 5.32 Å². The van der Waals surface area contributed by atoms with Gasteiger partial charge in [-0.2, -0.15) is 0 Å². The van der Waals surface area contributed by atoms with E-state index in [9.17, 15) is 0 Å². The lowest BCUT2D eigenvalue weighted by atomic mass is 10.1. The van der Waals surface area contributed by atoms with Gasteiger partial charge in [-0.15, -0.1) is 11.3 Å². The molecule has 2 nitrogen and oxygen atoms in total. The number of aryl methyl sites for hydroxylation is 1. The third-order valence-corrected chi connectivity index (χ3v) is 5.07. The topological polar surface area (TPSA) is 24.9 Å². The Morgan fingerprint density at radius 3 is 2.90 bits per heavy atom. The second kappa shape index (κ2) is 8.27. The molecule has 0 aromatic carbocycles. The van der Waals surface area contributed by atoms with E-state index in [-0.39, 0.29) is 0 Å². The number of thiophene rings is 1. The summed E-state index contributed by atoms with van der Waals surface area (Å²) in [6, 6.07) is 6.67. The molecule has 0 bridgehead atoms. The second-order valence-electron chi connectivity index (χ2n) is 4.65. The highest BCUT2D eigenvalue weighted by Gasteiger charge is 2.16. The van der Waals surface area contributed by atoms with Gasteiger partial charge in [0.1, 0.15) is 0 Å². The lowest BCUT2D eigenvalue weighted by Gasteiger charge is -2.19.